The van der Waals surface area contributed by atoms with Crippen molar-refractivity contribution in [3.63, 3.8) is 0 Å². The lowest BCUT2D eigenvalue weighted by molar-refractivity contribution is 0.0162. The maximum absolute atomic E-state index is 6.06. The van der Waals surface area contributed by atoms with Gasteiger partial charge in [0.2, 0.25) is 0 Å². The molecule has 1 aliphatic rings. The third-order valence-corrected chi connectivity index (χ3v) is 3.99. The predicted molar refractivity (Wildman–Crippen MR) is 82.3 cm³/mol. The number of piperidine rings is 1. The molecule has 0 atom stereocenters. The van der Waals surface area contributed by atoms with Crippen molar-refractivity contribution in [3.05, 3.63) is 30.1 Å². The molecule has 0 unspecified atom stereocenters. The Morgan fingerprint density at radius 1 is 1.29 bits per heavy atom. The summed E-state index contributed by atoms with van der Waals surface area (Å²) >= 11 is 0. The van der Waals surface area contributed by atoms with Crippen LogP contribution >= 0.6 is 0 Å². The van der Waals surface area contributed by atoms with Gasteiger partial charge >= 0.3 is 0 Å². The summed E-state index contributed by atoms with van der Waals surface area (Å²) in [6, 6.07) is 8.22. The Hall–Kier alpha value is -1.43. The molecule has 1 N–H and O–H groups in total. The molecule has 21 heavy (non-hydrogen) atoms. The van der Waals surface area contributed by atoms with Crippen molar-refractivity contribution < 1.29 is 9.47 Å². The molecule has 1 aromatic carbocycles. The molecule has 2 aromatic rings. The molecule has 0 amide bonds. The number of nitrogens with one attached hydrogen (secondary N) is 1. The van der Waals surface area contributed by atoms with Crippen LogP contribution in [0.15, 0.2) is 24.3 Å². The highest BCUT2D eigenvalue weighted by Crippen LogP contribution is 2.18. The van der Waals surface area contributed by atoms with Gasteiger partial charge in [0.15, 0.2) is 0 Å². The first kappa shape index (κ1) is 14.5. The highest BCUT2D eigenvalue weighted by Gasteiger charge is 2.16. The van der Waals surface area contributed by atoms with Gasteiger partial charge in [-0.25, -0.2) is 4.98 Å². The Morgan fingerprint density at radius 2 is 2.10 bits per heavy atom. The van der Waals surface area contributed by atoms with Crippen molar-refractivity contribution in [2.45, 2.75) is 32.1 Å². The van der Waals surface area contributed by atoms with Gasteiger partial charge in [-0.3, -0.25) is 0 Å². The number of methoxy groups -OCH3 is 1. The third-order valence-electron chi connectivity index (χ3n) is 3.99. The fraction of sp³-hybridized carbons (Fsp3) is 0.562. The summed E-state index contributed by atoms with van der Waals surface area (Å²) in [5.74, 6) is 0.992. The average Bonchev–Trinajstić information content (AvgIpc) is 2.89. The van der Waals surface area contributed by atoms with Gasteiger partial charge in [-0.05, 0) is 38.1 Å². The van der Waals surface area contributed by atoms with Crippen LogP contribution in [0.2, 0.25) is 0 Å². The van der Waals surface area contributed by atoms with Crippen LogP contribution in [-0.4, -0.2) is 42.5 Å². The molecule has 0 saturated carbocycles. The van der Waals surface area contributed by atoms with E-state index in [2.05, 4.69) is 16.0 Å². The fourth-order valence-corrected chi connectivity index (χ4v) is 2.82. The molecule has 3 rings (SSSR count). The van der Waals surface area contributed by atoms with E-state index in [1.165, 1.54) is 0 Å². The van der Waals surface area contributed by atoms with Crippen LogP contribution in [-0.2, 0) is 22.6 Å². The van der Waals surface area contributed by atoms with Crippen molar-refractivity contribution in [3.8, 4) is 0 Å². The maximum atomic E-state index is 6.06. The monoisotopic (exact) mass is 289 g/mol. The van der Waals surface area contributed by atoms with E-state index in [9.17, 15) is 0 Å². The number of nitrogens with zero attached hydrogens (tertiary/aromatic N) is 2. The van der Waals surface area contributed by atoms with E-state index < -0.39 is 0 Å². The lowest BCUT2D eigenvalue weighted by atomic mass is 10.1. The van der Waals surface area contributed by atoms with Gasteiger partial charge in [0.05, 0.1) is 23.7 Å². The van der Waals surface area contributed by atoms with Crippen LogP contribution in [0.25, 0.3) is 11.0 Å². The van der Waals surface area contributed by atoms with Crippen molar-refractivity contribution >= 4 is 11.0 Å². The van der Waals surface area contributed by atoms with Gasteiger partial charge in [0.1, 0.15) is 12.4 Å². The van der Waals surface area contributed by atoms with Crippen LogP contribution in [0.1, 0.15) is 18.7 Å². The first-order chi connectivity index (χ1) is 10.4. The number of hydrogen-bond acceptors (Lipinski definition) is 4. The largest absolute Gasteiger partial charge is 0.383 e. The molecule has 1 aliphatic heterocycles. The second kappa shape index (κ2) is 7.02. The second-order valence-corrected chi connectivity index (χ2v) is 5.42. The normalized spacial score (nSPS) is 16.6. The summed E-state index contributed by atoms with van der Waals surface area (Å²) in [5.41, 5.74) is 2.18. The summed E-state index contributed by atoms with van der Waals surface area (Å²) < 4.78 is 13.5. The van der Waals surface area contributed by atoms with Crippen LogP contribution < -0.4 is 5.32 Å². The Bertz CT molecular complexity index is 576. The molecule has 0 radical (unpaired) electrons. The number of imidazole rings is 1. The predicted octanol–water partition coefficient (Wildman–Crippen LogP) is 1.95. The second-order valence-electron chi connectivity index (χ2n) is 5.42. The van der Waals surface area contributed by atoms with E-state index in [4.69, 9.17) is 14.5 Å². The van der Waals surface area contributed by atoms with E-state index in [0.29, 0.717) is 19.3 Å². The molecule has 5 heteroatoms. The van der Waals surface area contributed by atoms with Crippen LogP contribution in [0, 0.1) is 0 Å². The summed E-state index contributed by atoms with van der Waals surface area (Å²) in [6.45, 7) is 4.15. The van der Waals surface area contributed by atoms with Gasteiger partial charge in [-0.15, -0.1) is 0 Å². The molecule has 1 aromatic heterocycles. The van der Waals surface area contributed by atoms with Gasteiger partial charge in [0, 0.05) is 13.7 Å². The van der Waals surface area contributed by atoms with Crippen LogP contribution in [0.3, 0.4) is 0 Å². The van der Waals surface area contributed by atoms with Gasteiger partial charge in [-0.1, -0.05) is 12.1 Å². The van der Waals surface area contributed by atoms with Gasteiger partial charge in [-0.2, -0.15) is 0 Å². The minimum absolute atomic E-state index is 0.349. The van der Waals surface area contributed by atoms with E-state index in [0.717, 1.165) is 49.3 Å². The Kier molecular flexibility index (Phi) is 4.85. The molecule has 0 bridgehead atoms. The van der Waals surface area contributed by atoms with Crippen LogP contribution in [0.4, 0.5) is 0 Å². The molecule has 5 nitrogen and oxygen atoms in total. The quantitative estimate of drug-likeness (QED) is 0.883. The zero-order valence-electron chi connectivity index (χ0n) is 12.5. The van der Waals surface area contributed by atoms with Gasteiger partial charge in [0.25, 0.3) is 0 Å². The van der Waals surface area contributed by atoms with Crippen molar-refractivity contribution in [1.82, 2.24) is 14.9 Å². The van der Waals surface area contributed by atoms with Crippen molar-refractivity contribution in [2.75, 3.05) is 26.8 Å². The lowest BCUT2D eigenvalue weighted by Gasteiger charge is -2.23. The maximum Gasteiger partial charge on any atom is 0.136 e. The van der Waals surface area contributed by atoms with Crippen molar-refractivity contribution in [2.24, 2.45) is 0 Å². The Labute approximate surface area is 125 Å². The van der Waals surface area contributed by atoms with E-state index >= 15 is 0 Å². The third kappa shape index (κ3) is 3.43. The minimum atomic E-state index is 0.349. The SMILES string of the molecule is COCCn1c(COC2CCNCC2)nc2ccccc21. The number of fused-ring (bicyclic) bond motifs is 1. The fourth-order valence-electron chi connectivity index (χ4n) is 2.82. The molecule has 0 aliphatic carbocycles. The smallest absolute Gasteiger partial charge is 0.136 e. The molecule has 1 saturated heterocycles. The number of aromatic nitrogens is 2. The summed E-state index contributed by atoms with van der Waals surface area (Å²) in [7, 11) is 1.73. The zero-order valence-corrected chi connectivity index (χ0v) is 12.5. The number of hydrogen-bond donors (Lipinski definition) is 1. The molecule has 0 spiro atoms. The Morgan fingerprint density at radius 3 is 2.90 bits per heavy atom. The van der Waals surface area contributed by atoms with Crippen LogP contribution in [0.5, 0.6) is 0 Å². The standard InChI is InChI=1S/C16H23N3O2/c1-20-11-10-19-15-5-3-2-4-14(15)18-16(19)12-21-13-6-8-17-9-7-13/h2-5,13,17H,6-12H2,1H3. The molecule has 114 valence electrons. The summed E-state index contributed by atoms with van der Waals surface area (Å²) in [5, 5.41) is 3.36. The average molecular weight is 289 g/mol. The van der Waals surface area contributed by atoms with E-state index in [1.54, 1.807) is 7.11 Å². The molecular weight excluding hydrogens is 266 g/mol. The first-order valence-electron chi connectivity index (χ1n) is 7.64. The number of benzene rings is 1. The lowest BCUT2D eigenvalue weighted by Crippen LogP contribution is -2.32. The van der Waals surface area contributed by atoms with E-state index in [1.807, 2.05) is 18.2 Å². The first-order valence-corrected chi connectivity index (χ1v) is 7.64. The molecular formula is C16H23N3O2. The Balaban J connectivity index is 1.75. The summed E-state index contributed by atoms with van der Waals surface area (Å²) in [6.07, 6.45) is 2.51. The topological polar surface area (TPSA) is 48.3 Å². The molecule has 1 fully saturated rings. The highest BCUT2D eigenvalue weighted by molar-refractivity contribution is 5.75. The number of rotatable bonds is 6. The molecule has 2 heterocycles. The number of ether oxygens (including phenoxy) is 2. The van der Waals surface area contributed by atoms with Gasteiger partial charge < -0.3 is 19.4 Å². The number of para-hydroxylation sites is 2. The zero-order chi connectivity index (χ0) is 14.5. The van der Waals surface area contributed by atoms with E-state index in [-0.39, 0.29) is 0 Å². The summed E-state index contributed by atoms with van der Waals surface area (Å²) in [4.78, 5) is 4.72. The van der Waals surface area contributed by atoms with Crippen molar-refractivity contribution in [1.29, 1.82) is 0 Å². The highest BCUT2D eigenvalue weighted by atomic mass is 16.5. The minimum Gasteiger partial charge on any atom is -0.383 e.